The number of hydrogen-bond donors (Lipinski definition) is 0. The number of aromatic nitrogens is 1. The minimum atomic E-state index is 0.115. The first-order valence-corrected chi connectivity index (χ1v) is 11.4. The molecule has 4 nitrogen and oxygen atoms in total. The molecule has 0 bridgehead atoms. The van der Waals surface area contributed by atoms with Crippen molar-refractivity contribution in [2.24, 2.45) is 7.05 Å². The smallest absolute Gasteiger partial charge is 0.250 e. The van der Waals surface area contributed by atoms with Crippen molar-refractivity contribution in [2.45, 2.75) is 56.9 Å². The van der Waals surface area contributed by atoms with Crippen LogP contribution in [0.2, 0.25) is 0 Å². The summed E-state index contributed by atoms with van der Waals surface area (Å²) in [5.41, 5.74) is 5.95. The average molecular weight is 392 g/mol. The van der Waals surface area contributed by atoms with Gasteiger partial charge >= 0.3 is 0 Å². The molecule has 0 spiro atoms. The predicted molar refractivity (Wildman–Crippen MR) is 119 cm³/mol. The standard InChI is InChI=1S/C25H33N3O/c1-26-12-7-22(18-25(26)29)20-8-13-27(14-9-20)23-10-15-28(16-11-23)24-6-5-19-3-2-4-21(19)17-24/h5-7,12,17-18,20,23H,2-4,8-11,13-16H2,1H3. The van der Waals surface area contributed by atoms with E-state index in [0.717, 1.165) is 6.04 Å². The Labute approximate surface area is 174 Å². The largest absolute Gasteiger partial charge is 0.371 e. The molecule has 0 radical (unpaired) electrons. The molecule has 0 unspecified atom stereocenters. The molecule has 29 heavy (non-hydrogen) atoms. The lowest BCUT2D eigenvalue weighted by Gasteiger charge is -2.42. The fraction of sp³-hybridized carbons (Fsp3) is 0.560. The first-order valence-electron chi connectivity index (χ1n) is 11.4. The highest BCUT2D eigenvalue weighted by molar-refractivity contribution is 5.52. The number of fused-ring (bicyclic) bond motifs is 1. The van der Waals surface area contributed by atoms with E-state index < -0.39 is 0 Å². The molecule has 1 aromatic carbocycles. The molecule has 0 amide bonds. The lowest BCUT2D eigenvalue weighted by Crippen LogP contribution is -2.47. The van der Waals surface area contributed by atoms with Crippen molar-refractivity contribution in [3.63, 3.8) is 0 Å². The molecule has 5 rings (SSSR count). The summed E-state index contributed by atoms with van der Waals surface area (Å²) < 4.78 is 1.66. The second kappa shape index (κ2) is 7.98. The minimum absolute atomic E-state index is 0.115. The highest BCUT2D eigenvalue weighted by Crippen LogP contribution is 2.32. The molecule has 2 fully saturated rings. The molecular formula is C25H33N3O. The second-order valence-corrected chi connectivity index (χ2v) is 9.24. The quantitative estimate of drug-likeness (QED) is 0.798. The van der Waals surface area contributed by atoms with Gasteiger partial charge in [0.25, 0.3) is 5.56 Å². The Morgan fingerprint density at radius 1 is 0.862 bits per heavy atom. The van der Waals surface area contributed by atoms with Crippen LogP contribution < -0.4 is 10.5 Å². The number of likely N-dealkylation sites (tertiary alicyclic amines) is 1. The number of aryl methyl sites for hydroxylation is 3. The van der Waals surface area contributed by atoms with Crippen LogP contribution in [0.25, 0.3) is 0 Å². The van der Waals surface area contributed by atoms with Gasteiger partial charge in [-0.05, 0) is 98.8 Å². The minimum Gasteiger partial charge on any atom is -0.371 e. The lowest BCUT2D eigenvalue weighted by atomic mass is 9.88. The molecule has 1 aromatic heterocycles. The maximum atomic E-state index is 12.0. The van der Waals surface area contributed by atoms with Crippen LogP contribution in [-0.4, -0.2) is 41.7 Å². The SMILES string of the molecule is Cn1ccc(C2CCN(C3CCN(c4ccc5c(c4)CCC5)CC3)CC2)cc1=O. The van der Waals surface area contributed by atoms with Crippen LogP contribution in [0.4, 0.5) is 5.69 Å². The van der Waals surface area contributed by atoms with E-state index in [4.69, 9.17) is 0 Å². The molecule has 0 saturated carbocycles. The third kappa shape index (κ3) is 3.87. The van der Waals surface area contributed by atoms with E-state index >= 15 is 0 Å². The fourth-order valence-electron chi connectivity index (χ4n) is 5.66. The molecule has 154 valence electrons. The monoisotopic (exact) mass is 391 g/mol. The second-order valence-electron chi connectivity index (χ2n) is 9.24. The predicted octanol–water partition coefficient (Wildman–Crippen LogP) is 3.72. The molecule has 2 saturated heterocycles. The first-order chi connectivity index (χ1) is 14.2. The summed E-state index contributed by atoms with van der Waals surface area (Å²) in [6.45, 7) is 4.70. The Hall–Kier alpha value is -2.07. The van der Waals surface area contributed by atoms with Gasteiger partial charge in [0.2, 0.25) is 0 Å². The van der Waals surface area contributed by atoms with Crippen molar-refractivity contribution in [3.05, 3.63) is 63.6 Å². The first kappa shape index (κ1) is 18.9. The summed E-state index contributed by atoms with van der Waals surface area (Å²) in [7, 11) is 1.82. The highest BCUT2D eigenvalue weighted by atomic mass is 16.1. The van der Waals surface area contributed by atoms with E-state index in [1.54, 1.807) is 15.7 Å². The van der Waals surface area contributed by atoms with Crippen molar-refractivity contribution < 1.29 is 0 Å². The molecule has 2 aliphatic heterocycles. The highest BCUT2D eigenvalue weighted by Gasteiger charge is 2.29. The zero-order valence-corrected chi connectivity index (χ0v) is 17.6. The number of rotatable bonds is 3. The topological polar surface area (TPSA) is 28.5 Å². The summed E-state index contributed by atoms with van der Waals surface area (Å²) in [5.74, 6) is 0.548. The third-order valence-corrected chi connectivity index (χ3v) is 7.56. The summed E-state index contributed by atoms with van der Waals surface area (Å²) in [5, 5.41) is 0. The van der Waals surface area contributed by atoms with Gasteiger partial charge in [-0.25, -0.2) is 0 Å². The van der Waals surface area contributed by atoms with Gasteiger partial charge < -0.3 is 14.4 Å². The van der Waals surface area contributed by atoms with Crippen molar-refractivity contribution in [1.82, 2.24) is 9.47 Å². The van der Waals surface area contributed by atoms with Crippen molar-refractivity contribution in [2.75, 3.05) is 31.1 Å². The van der Waals surface area contributed by atoms with Crippen molar-refractivity contribution in [3.8, 4) is 0 Å². The molecule has 3 aliphatic rings. The summed E-state index contributed by atoms with van der Waals surface area (Å²) in [6.07, 6.45) is 10.7. The molecule has 3 heterocycles. The molecule has 2 aromatic rings. The van der Waals surface area contributed by atoms with Crippen LogP contribution in [0.15, 0.2) is 41.3 Å². The van der Waals surface area contributed by atoms with E-state index in [2.05, 4.69) is 34.1 Å². The van der Waals surface area contributed by atoms with Gasteiger partial charge in [-0.3, -0.25) is 4.79 Å². The van der Waals surface area contributed by atoms with Crippen molar-refractivity contribution in [1.29, 1.82) is 0 Å². The van der Waals surface area contributed by atoms with Gasteiger partial charge in [0, 0.05) is 44.1 Å². The van der Waals surface area contributed by atoms with Gasteiger partial charge in [-0.15, -0.1) is 0 Å². The summed E-state index contributed by atoms with van der Waals surface area (Å²) in [6, 6.07) is 11.9. The van der Waals surface area contributed by atoms with Crippen LogP contribution in [0.3, 0.4) is 0 Å². The number of benzene rings is 1. The Kier molecular flexibility index (Phi) is 5.21. The zero-order valence-electron chi connectivity index (χ0n) is 17.6. The van der Waals surface area contributed by atoms with Gasteiger partial charge in [-0.1, -0.05) is 6.07 Å². The number of hydrogen-bond acceptors (Lipinski definition) is 3. The number of anilines is 1. The zero-order chi connectivity index (χ0) is 19.8. The van der Waals surface area contributed by atoms with E-state index in [-0.39, 0.29) is 5.56 Å². The molecular weight excluding hydrogens is 358 g/mol. The number of piperidine rings is 2. The van der Waals surface area contributed by atoms with Crippen molar-refractivity contribution >= 4 is 5.69 Å². The van der Waals surface area contributed by atoms with E-state index in [1.807, 2.05) is 19.3 Å². The maximum Gasteiger partial charge on any atom is 0.250 e. The Morgan fingerprint density at radius 3 is 2.38 bits per heavy atom. The average Bonchev–Trinajstić information content (AvgIpc) is 3.24. The van der Waals surface area contributed by atoms with E-state index in [1.165, 1.54) is 82.4 Å². The third-order valence-electron chi connectivity index (χ3n) is 7.56. The van der Waals surface area contributed by atoms with Gasteiger partial charge in [0.05, 0.1) is 0 Å². The van der Waals surface area contributed by atoms with Crippen LogP contribution in [0.1, 0.15) is 54.7 Å². The van der Waals surface area contributed by atoms with E-state index in [0.29, 0.717) is 5.92 Å². The fourth-order valence-corrected chi connectivity index (χ4v) is 5.66. The summed E-state index contributed by atoms with van der Waals surface area (Å²) >= 11 is 0. The summed E-state index contributed by atoms with van der Waals surface area (Å²) in [4.78, 5) is 17.3. The molecule has 4 heteroatoms. The number of nitrogens with zero attached hydrogens (tertiary/aromatic N) is 3. The van der Waals surface area contributed by atoms with Gasteiger partial charge in [-0.2, -0.15) is 0 Å². The Bertz CT molecular complexity index is 918. The maximum absolute atomic E-state index is 12.0. The van der Waals surface area contributed by atoms with Crippen LogP contribution in [-0.2, 0) is 19.9 Å². The van der Waals surface area contributed by atoms with Crippen LogP contribution in [0, 0.1) is 0 Å². The van der Waals surface area contributed by atoms with Gasteiger partial charge in [0.15, 0.2) is 0 Å². The van der Waals surface area contributed by atoms with Gasteiger partial charge in [0.1, 0.15) is 0 Å². The Balaban J connectivity index is 1.15. The van der Waals surface area contributed by atoms with Crippen LogP contribution >= 0.6 is 0 Å². The molecule has 1 aliphatic carbocycles. The molecule has 0 atom stereocenters. The lowest BCUT2D eigenvalue weighted by molar-refractivity contribution is 0.132. The van der Waals surface area contributed by atoms with Crippen LogP contribution in [0.5, 0.6) is 0 Å². The number of pyridine rings is 1. The Morgan fingerprint density at radius 2 is 1.62 bits per heavy atom. The molecule has 0 N–H and O–H groups in total. The van der Waals surface area contributed by atoms with E-state index in [9.17, 15) is 4.79 Å². The normalized spacial score (nSPS) is 21.5.